The molecule has 0 radical (unpaired) electrons. The lowest BCUT2D eigenvalue weighted by Gasteiger charge is -2.14. The van der Waals surface area contributed by atoms with E-state index in [1.54, 1.807) is 18.4 Å². The number of aliphatic imine (C=N–C) groups is 1. The molecule has 2 rings (SSSR count). The van der Waals surface area contributed by atoms with Crippen LogP contribution in [0.3, 0.4) is 0 Å². The molecule has 0 amide bonds. The third-order valence-corrected chi connectivity index (χ3v) is 4.35. The predicted octanol–water partition coefficient (Wildman–Crippen LogP) is 2.59. The van der Waals surface area contributed by atoms with Crippen molar-refractivity contribution < 1.29 is 0 Å². The monoisotopic (exact) mass is 346 g/mol. The van der Waals surface area contributed by atoms with Gasteiger partial charge in [0.1, 0.15) is 10.8 Å². The summed E-state index contributed by atoms with van der Waals surface area (Å²) in [5, 5.41) is 9.76. The van der Waals surface area contributed by atoms with Crippen molar-refractivity contribution >= 4 is 23.1 Å². The first kappa shape index (κ1) is 18.2. The largest absolute Gasteiger partial charge is 0.363 e. The standard InChI is InChI=1S/C17H26N6S/c1-12(2)14-11-24-16(22-14)10-20-17(18-3)19-9-13-7-6-8-15(21-13)23(4)5/h6-8,11-12H,9-10H2,1-5H3,(H2,18,19,20). The molecule has 0 aliphatic carbocycles. The molecule has 0 atom stereocenters. The third kappa shape index (κ3) is 5.19. The number of thiazole rings is 1. The maximum absolute atomic E-state index is 4.62. The second-order valence-corrected chi connectivity index (χ2v) is 6.92. The molecule has 0 unspecified atom stereocenters. The summed E-state index contributed by atoms with van der Waals surface area (Å²) in [6.07, 6.45) is 0. The SMILES string of the molecule is CN=C(NCc1cccc(N(C)C)n1)NCc1nc(C(C)C)cs1. The van der Waals surface area contributed by atoms with Gasteiger partial charge in [-0.25, -0.2) is 9.97 Å². The van der Waals surface area contributed by atoms with E-state index in [-0.39, 0.29) is 0 Å². The number of nitrogens with zero attached hydrogens (tertiary/aromatic N) is 4. The van der Waals surface area contributed by atoms with Crippen molar-refractivity contribution in [1.82, 2.24) is 20.6 Å². The van der Waals surface area contributed by atoms with Gasteiger partial charge >= 0.3 is 0 Å². The molecular formula is C17H26N6S. The van der Waals surface area contributed by atoms with E-state index in [2.05, 4.69) is 44.8 Å². The van der Waals surface area contributed by atoms with Crippen LogP contribution >= 0.6 is 11.3 Å². The first-order chi connectivity index (χ1) is 11.5. The van der Waals surface area contributed by atoms with E-state index < -0.39 is 0 Å². The van der Waals surface area contributed by atoms with Crippen LogP contribution in [0, 0.1) is 0 Å². The van der Waals surface area contributed by atoms with Crippen LogP contribution in [-0.4, -0.2) is 37.1 Å². The highest BCUT2D eigenvalue weighted by atomic mass is 32.1. The average Bonchev–Trinajstić information content (AvgIpc) is 3.04. The molecule has 130 valence electrons. The van der Waals surface area contributed by atoms with Gasteiger partial charge in [0.2, 0.25) is 0 Å². The number of nitrogens with one attached hydrogen (secondary N) is 2. The molecule has 2 aromatic heterocycles. The molecule has 0 bridgehead atoms. The quantitative estimate of drug-likeness (QED) is 0.622. The summed E-state index contributed by atoms with van der Waals surface area (Å²) in [4.78, 5) is 15.5. The van der Waals surface area contributed by atoms with Gasteiger partial charge in [0, 0.05) is 26.5 Å². The number of rotatable bonds is 6. The summed E-state index contributed by atoms with van der Waals surface area (Å²) >= 11 is 1.68. The third-order valence-electron chi connectivity index (χ3n) is 3.48. The minimum absolute atomic E-state index is 0.461. The molecule has 0 spiro atoms. The van der Waals surface area contributed by atoms with Crippen LogP contribution < -0.4 is 15.5 Å². The fourth-order valence-corrected chi connectivity index (χ4v) is 2.94. The number of hydrogen-bond donors (Lipinski definition) is 2. The Morgan fingerprint density at radius 3 is 2.58 bits per heavy atom. The van der Waals surface area contributed by atoms with Crippen molar-refractivity contribution in [2.24, 2.45) is 4.99 Å². The molecule has 7 heteroatoms. The van der Waals surface area contributed by atoms with Gasteiger partial charge in [0.15, 0.2) is 5.96 Å². The van der Waals surface area contributed by atoms with E-state index in [1.165, 1.54) is 0 Å². The Kier molecular flexibility index (Phi) is 6.54. The summed E-state index contributed by atoms with van der Waals surface area (Å²) < 4.78 is 0. The Morgan fingerprint density at radius 1 is 1.21 bits per heavy atom. The molecule has 2 N–H and O–H groups in total. The molecule has 0 aliphatic rings. The smallest absolute Gasteiger partial charge is 0.191 e. The van der Waals surface area contributed by atoms with Crippen LogP contribution in [-0.2, 0) is 13.1 Å². The highest BCUT2D eigenvalue weighted by molar-refractivity contribution is 7.09. The van der Waals surface area contributed by atoms with Crippen LogP contribution in [0.2, 0.25) is 0 Å². The maximum Gasteiger partial charge on any atom is 0.191 e. The Labute approximate surface area is 148 Å². The van der Waals surface area contributed by atoms with Crippen LogP contribution in [0.15, 0.2) is 28.6 Å². The van der Waals surface area contributed by atoms with E-state index in [0.29, 0.717) is 19.0 Å². The van der Waals surface area contributed by atoms with E-state index in [4.69, 9.17) is 0 Å². The first-order valence-electron chi connectivity index (χ1n) is 8.01. The molecule has 0 aliphatic heterocycles. The van der Waals surface area contributed by atoms with E-state index in [1.807, 2.05) is 37.2 Å². The Bertz CT molecular complexity index is 677. The van der Waals surface area contributed by atoms with Crippen molar-refractivity contribution in [1.29, 1.82) is 0 Å². The van der Waals surface area contributed by atoms with Crippen LogP contribution in [0.4, 0.5) is 5.82 Å². The van der Waals surface area contributed by atoms with Crippen LogP contribution in [0.25, 0.3) is 0 Å². The predicted molar refractivity (Wildman–Crippen MR) is 102 cm³/mol. The fraction of sp³-hybridized carbons (Fsp3) is 0.471. The maximum atomic E-state index is 4.62. The van der Waals surface area contributed by atoms with Gasteiger partial charge in [-0.3, -0.25) is 4.99 Å². The zero-order valence-electron chi connectivity index (χ0n) is 15.0. The average molecular weight is 347 g/mol. The normalized spacial score (nSPS) is 11.7. The number of aromatic nitrogens is 2. The second-order valence-electron chi connectivity index (χ2n) is 5.98. The zero-order chi connectivity index (χ0) is 17.5. The van der Waals surface area contributed by atoms with Gasteiger partial charge in [-0.05, 0) is 18.1 Å². The summed E-state index contributed by atoms with van der Waals surface area (Å²) in [7, 11) is 5.74. The highest BCUT2D eigenvalue weighted by Crippen LogP contribution is 2.17. The zero-order valence-corrected chi connectivity index (χ0v) is 15.8. The molecular weight excluding hydrogens is 320 g/mol. The lowest BCUT2D eigenvalue weighted by molar-refractivity contribution is 0.777. The number of hydrogen-bond acceptors (Lipinski definition) is 5. The van der Waals surface area contributed by atoms with Gasteiger partial charge in [-0.1, -0.05) is 19.9 Å². The molecule has 0 aromatic carbocycles. The van der Waals surface area contributed by atoms with Crippen LogP contribution in [0.1, 0.15) is 36.2 Å². The number of anilines is 1. The van der Waals surface area contributed by atoms with Gasteiger partial charge in [0.05, 0.1) is 24.5 Å². The number of guanidine groups is 1. The topological polar surface area (TPSA) is 65.4 Å². The lowest BCUT2D eigenvalue weighted by atomic mass is 10.2. The van der Waals surface area contributed by atoms with Crippen molar-refractivity contribution in [3.63, 3.8) is 0 Å². The Morgan fingerprint density at radius 2 is 1.96 bits per heavy atom. The van der Waals surface area contributed by atoms with Gasteiger partial charge < -0.3 is 15.5 Å². The molecule has 0 fully saturated rings. The first-order valence-corrected chi connectivity index (χ1v) is 8.89. The second kappa shape index (κ2) is 8.63. The summed E-state index contributed by atoms with van der Waals surface area (Å²) in [5.41, 5.74) is 2.12. The molecule has 2 aromatic rings. The summed E-state index contributed by atoms with van der Waals surface area (Å²) in [5.74, 6) is 2.15. The Balaban J connectivity index is 1.87. The summed E-state index contributed by atoms with van der Waals surface area (Å²) in [6, 6.07) is 6.01. The van der Waals surface area contributed by atoms with Crippen molar-refractivity contribution in [3.05, 3.63) is 40.0 Å². The molecule has 2 heterocycles. The molecule has 0 saturated heterocycles. The van der Waals surface area contributed by atoms with Crippen molar-refractivity contribution in [3.8, 4) is 0 Å². The van der Waals surface area contributed by atoms with Crippen molar-refractivity contribution in [2.45, 2.75) is 32.9 Å². The fourth-order valence-electron chi connectivity index (χ4n) is 2.04. The Hall–Kier alpha value is -2.15. The minimum Gasteiger partial charge on any atom is -0.363 e. The van der Waals surface area contributed by atoms with E-state index >= 15 is 0 Å². The van der Waals surface area contributed by atoms with Crippen molar-refractivity contribution in [2.75, 3.05) is 26.0 Å². The highest BCUT2D eigenvalue weighted by Gasteiger charge is 2.07. The van der Waals surface area contributed by atoms with Gasteiger partial charge in [-0.2, -0.15) is 0 Å². The molecule has 24 heavy (non-hydrogen) atoms. The number of pyridine rings is 1. The minimum atomic E-state index is 0.461. The van der Waals surface area contributed by atoms with E-state index in [0.717, 1.165) is 28.2 Å². The van der Waals surface area contributed by atoms with Crippen LogP contribution in [0.5, 0.6) is 0 Å². The molecule has 0 saturated carbocycles. The van der Waals surface area contributed by atoms with Gasteiger partial charge in [-0.15, -0.1) is 11.3 Å². The molecule has 6 nitrogen and oxygen atoms in total. The summed E-state index contributed by atoms with van der Waals surface area (Å²) in [6.45, 7) is 5.60. The van der Waals surface area contributed by atoms with Gasteiger partial charge in [0.25, 0.3) is 0 Å². The van der Waals surface area contributed by atoms with E-state index in [9.17, 15) is 0 Å². The lowest BCUT2D eigenvalue weighted by Crippen LogP contribution is -2.36.